The van der Waals surface area contributed by atoms with Crippen molar-refractivity contribution in [1.29, 1.82) is 0 Å². The minimum Gasteiger partial charge on any atom is -0.494 e. The minimum absolute atomic E-state index is 0.702. The molecule has 0 radical (unpaired) electrons. The number of thioether (sulfide) groups is 1. The SMILES string of the molecule is CCNC(=NCC1CCCS1)NCCc1cccc(OCC)c1. The first-order valence-electron chi connectivity index (χ1n) is 8.67. The van der Waals surface area contributed by atoms with Gasteiger partial charge in [-0.2, -0.15) is 11.8 Å². The number of benzene rings is 1. The first-order valence-corrected chi connectivity index (χ1v) is 9.72. The average Bonchev–Trinajstić information content (AvgIpc) is 3.07. The maximum Gasteiger partial charge on any atom is 0.191 e. The summed E-state index contributed by atoms with van der Waals surface area (Å²) in [4.78, 5) is 4.72. The fraction of sp³-hybridized carbons (Fsp3) is 0.611. The van der Waals surface area contributed by atoms with Crippen LogP contribution >= 0.6 is 11.8 Å². The molecule has 0 saturated carbocycles. The summed E-state index contributed by atoms with van der Waals surface area (Å²) in [6.07, 6.45) is 3.60. The first kappa shape index (κ1) is 18.0. The van der Waals surface area contributed by atoms with Crippen molar-refractivity contribution in [3.63, 3.8) is 0 Å². The van der Waals surface area contributed by atoms with Crippen LogP contribution in [0.4, 0.5) is 0 Å². The molecule has 1 aliphatic heterocycles. The second-order valence-electron chi connectivity index (χ2n) is 5.61. The standard InChI is InChI=1S/C18H29N3OS/c1-3-19-18(21-14-17-9-6-12-23-17)20-11-10-15-7-5-8-16(13-15)22-4-2/h5,7-8,13,17H,3-4,6,9-12,14H2,1-2H3,(H2,19,20,21). The van der Waals surface area contributed by atoms with E-state index in [1.54, 1.807) is 0 Å². The maximum absolute atomic E-state index is 5.55. The van der Waals surface area contributed by atoms with E-state index < -0.39 is 0 Å². The predicted octanol–water partition coefficient (Wildman–Crippen LogP) is 3.08. The van der Waals surface area contributed by atoms with Gasteiger partial charge in [0.1, 0.15) is 5.75 Å². The Morgan fingerprint density at radius 2 is 2.26 bits per heavy atom. The van der Waals surface area contributed by atoms with Crippen LogP contribution in [-0.2, 0) is 6.42 Å². The highest BCUT2D eigenvalue weighted by Crippen LogP contribution is 2.25. The fourth-order valence-corrected chi connectivity index (χ4v) is 3.79. The van der Waals surface area contributed by atoms with Gasteiger partial charge in [-0.1, -0.05) is 12.1 Å². The Morgan fingerprint density at radius 1 is 1.35 bits per heavy atom. The molecule has 0 aliphatic carbocycles. The zero-order valence-electron chi connectivity index (χ0n) is 14.3. The van der Waals surface area contributed by atoms with Crippen LogP contribution in [0, 0.1) is 0 Å². The first-order chi connectivity index (χ1) is 11.3. The van der Waals surface area contributed by atoms with E-state index in [1.165, 1.54) is 24.2 Å². The molecule has 2 N–H and O–H groups in total. The molecule has 1 unspecified atom stereocenters. The molecule has 128 valence electrons. The molecule has 4 nitrogen and oxygen atoms in total. The molecule has 23 heavy (non-hydrogen) atoms. The van der Waals surface area contributed by atoms with E-state index in [4.69, 9.17) is 9.73 Å². The molecule has 0 spiro atoms. The van der Waals surface area contributed by atoms with Crippen LogP contribution in [0.1, 0.15) is 32.3 Å². The van der Waals surface area contributed by atoms with Crippen molar-refractivity contribution >= 4 is 17.7 Å². The number of rotatable bonds is 8. The molecule has 1 fully saturated rings. The van der Waals surface area contributed by atoms with Gasteiger partial charge in [-0.25, -0.2) is 0 Å². The lowest BCUT2D eigenvalue weighted by molar-refractivity contribution is 0.340. The smallest absolute Gasteiger partial charge is 0.191 e. The Labute approximate surface area is 144 Å². The van der Waals surface area contributed by atoms with E-state index in [2.05, 4.69) is 47.5 Å². The van der Waals surface area contributed by atoms with Crippen LogP contribution in [-0.4, -0.2) is 43.2 Å². The van der Waals surface area contributed by atoms with E-state index in [1.807, 2.05) is 13.0 Å². The molecule has 0 aromatic heterocycles. The second kappa shape index (κ2) is 10.4. The van der Waals surface area contributed by atoms with E-state index in [9.17, 15) is 0 Å². The molecule has 0 amide bonds. The Morgan fingerprint density at radius 3 is 3.00 bits per heavy atom. The zero-order valence-corrected chi connectivity index (χ0v) is 15.1. The topological polar surface area (TPSA) is 45.7 Å². The largest absolute Gasteiger partial charge is 0.494 e. The van der Waals surface area contributed by atoms with Crippen molar-refractivity contribution < 1.29 is 4.74 Å². The van der Waals surface area contributed by atoms with Crippen LogP contribution in [0.3, 0.4) is 0 Å². The molecular weight excluding hydrogens is 306 g/mol. The molecule has 1 aliphatic rings. The third-order valence-corrected chi connectivity index (χ3v) is 5.12. The number of aliphatic imine (C=N–C) groups is 1. The fourth-order valence-electron chi connectivity index (χ4n) is 2.61. The van der Waals surface area contributed by atoms with Crippen molar-refractivity contribution in [3.05, 3.63) is 29.8 Å². The highest BCUT2D eigenvalue weighted by molar-refractivity contribution is 8.00. The lowest BCUT2D eigenvalue weighted by Crippen LogP contribution is -2.38. The van der Waals surface area contributed by atoms with E-state index in [0.29, 0.717) is 11.9 Å². The van der Waals surface area contributed by atoms with Gasteiger partial charge in [-0.05, 0) is 56.6 Å². The third kappa shape index (κ3) is 6.73. The van der Waals surface area contributed by atoms with Gasteiger partial charge in [0, 0.05) is 18.3 Å². The summed E-state index contributed by atoms with van der Waals surface area (Å²) in [5.74, 6) is 3.17. The van der Waals surface area contributed by atoms with Gasteiger partial charge in [0.25, 0.3) is 0 Å². The van der Waals surface area contributed by atoms with Gasteiger partial charge in [0.05, 0.1) is 13.2 Å². The molecule has 5 heteroatoms. The van der Waals surface area contributed by atoms with Crippen molar-refractivity contribution in [2.45, 2.75) is 38.4 Å². The van der Waals surface area contributed by atoms with Gasteiger partial charge < -0.3 is 15.4 Å². The molecule has 1 aromatic carbocycles. The maximum atomic E-state index is 5.55. The zero-order chi connectivity index (χ0) is 16.3. The van der Waals surface area contributed by atoms with Crippen LogP contribution in [0.15, 0.2) is 29.3 Å². The molecule has 1 heterocycles. The summed E-state index contributed by atoms with van der Waals surface area (Å²) in [7, 11) is 0. The predicted molar refractivity (Wildman–Crippen MR) is 101 cm³/mol. The quantitative estimate of drug-likeness (QED) is 0.566. The van der Waals surface area contributed by atoms with Crippen molar-refractivity contribution in [1.82, 2.24) is 10.6 Å². The number of ether oxygens (including phenoxy) is 1. The second-order valence-corrected chi connectivity index (χ2v) is 7.02. The molecule has 2 rings (SSSR count). The normalized spacial score (nSPS) is 18.0. The molecule has 1 atom stereocenters. The Hall–Kier alpha value is -1.36. The Balaban J connectivity index is 1.78. The number of hydrogen-bond acceptors (Lipinski definition) is 3. The molecule has 1 saturated heterocycles. The van der Waals surface area contributed by atoms with E-state index in [0.717, 1.165) is 37.8 Å². The third-order valence-electron chi connectivity index (χ3n) is 3.74. The Bertz CT molecular complexity index is 487. The lowest BCUT2D eigenvalue weighted by Gasteiger charge is -2.13. The summed E-state index contributed by atoms with van der Waals surface area (Å²) in [6.45, 7) is 7.50. The molecular formula is C18H29N3OS. The van der Waals surface area contributed by atoms with Gasteiger partial charge >= 0.3 is 0 Å². The van der Waals surface area contributed by atoms with Gasteiger partial charge in [-0.15, -0.1) is 0 Å². The van der Waals surface area contributed by atoms with Crippen molar-refractivity contribution in [3.8, 4) is 5.75 Å². The summed E-state index contributed by atoms with van der Waals surface area (Å²) < 4.78 is 5.55. The number of nitrogens with one attached hydrogen (secondary N) is 2. The van der Waals surface area contributed by atoms with E-state index in [-0.39, 0.29) is 0 Å². The van der Waals surface area contributed by atoms with Crippen LogP contribution in [0.25, 0.3) is 0 Å². The highest BCUT2D eigenvalue weighted by atomic mass is 32.2. The average molecular weight is 336 g/mol. The van der Waals surface area contributed by atoms with Gasteiger partial charge in [0.2, 0.25) is 0 Å². The van der Waals surface area contributed by atoms with Crippen LogP contribution in [0.2, 0.25) is 0 Å². The molecule has 1 aromatic rings. The van der Waals surface area contributed by atoms with Gasteiger partial charge in [0.15, 0.2) is 5.96 Å². The highest BCUT2D eigenvalue weighted by Gasteiger charge is 2.14. The number of nitrogens with zero attached hydrogens (tertiary/aromatic N) is 1. The Kier molecular flexibility index (Phi) is 8.15. The van der Waals surface area contributed by atoms with Crippen molar-refractivity contribution in [2.24, 2.45) is 4.99 Å². The summed E-state index contributed by atoms with van der Waals surface area (Å²) in [6, 6.07) is 8.32. The summed E-state index contributed by atoms with van der Waals surface area (Å²) in [5.41, 5.74) is 1.28. The van der Waals surface area contributed by atoms with Gasteiger partial charge in [-0.3, -0.25) is 4.99 Å². The monoisotopic (exact) mass is 335 g/mol. The van der Waals surface area contributed by atoms with E-state index >= 15 is 0 Å². The number of hydrogen-bond donors (Lipinski definition) is 2. The minimum atomic E-state index is 0.702. The van der Waals surface area contributed by atoms with Crippen LogP contribution < -0.4 is 15.4 Å². The summed E-state index contributed by atoms with van der Waals surface area (Å²) >= 11 is 2.05. The summed E-state index contributed by atoms with van der Waals surface area (Å²) in [5, 5.41) is 7.47. The van der Waals surface area contributed by atoms with Crippen LogP contribution in [0.5, 0.6) is 5.75 Å². The molecule has 0 bridgehead atoms. The lowest BCUT2D eigenvalue weighted by atomic mass is 10.1. The number of guanidine groups is 1. The van der Waals surface area contributed by atoms with Crippen molar-refractivity contribution in [2.75, 3.05) is 32.0 Å².